The highest BCUT2D eigenvalue weighted by Crippen LogP contribution is 2.19. The van der Waals surface area contributed by atoms with Gasteiger partial charge in [0.05, 0.1) is 0 Å². The fourth-order valence-electron chi connectivity index (χ4n) is 1.19. The quantitative estimate of drug-likeness (QED) is 0.634. The van der Waals surface area contributed by atoms with Crippen molar-refractivity contribution in [2.24, 2.45) is 0 Å². The van der Waals surface area contributed by atoms with Gasteiger partial charge in [0.2, 0.25) is 11.8 Å². The molecule has 1 heterocycles. The van der Waals surface area contributed by atoms with E-state index in [-0.39, 0.29) is 0 Å². The lowest BCUT2D eigenvalue weighted by Crippen LogP contribution is -1.85. The molecule has 1 aromatic rings. The summed E-state index contributed by atoms with van der Waals surface area (Å²) in [6.45, 7) is 1.80. The normalized spacial score (nSPS) is 16.2. The van der Waals surface area contributed by atoms with Crippen LogP contribution in [-0.4, -0.2) is 10.2 Å². The predicted molar refractivity (Wildman–Crippen MR) is 45.4 cm³/mol. The Labute approximate surface area is 70.8 Å². The SMILES string of the molecule is Cc1nnc(C2=CCCC=C2)o1. The summed E-state index contributed by atoms with van der Waals surface area (Å²) in [4.78, 5) is 0. The highest BCUT2D eigenvalue weighted by atomic mass is 16.4. The Morgan fingerprint density at radius 2 is 2.25 bits per heavy atom. The van der Waals surface area contributed by atoms with Crippen LogP contribution in [0.5, 0.6) is 0 Å². The molecule has 0 aromatic carbocycles. The summed E-state index contributed by atoms with van der Waals surface area (Å²) in [5.74, 6) is 1.24. The van der Waals surface area contributed by atoms with Crippen molar-refractivity contribution in [3.63, 3.8) is 0 Å². The molecular formula is C9H10N2O. The molecular weight excluding hydrogens is 152 g/mol. The molecule has 62 valence electrons. The second kappa shape index (κ2) is 2.93. The number of hydrogen-bond donors (Lipinski definition) is 0. The van der Waals surface area contributed by atoms with Crippen molar-refractivity contribution in [1.82, 2.24) is 10.2 Å². The monoisotopic (exact) mass is 162 g/mol. The molecule has 12 heavy (non-hydrogen) atoms. The summed E-state index contributed by atoms with van der Waals surface area (Å²) in [7, 11) is 0. The van der Waals surface area contributed by atoms with E-state index in [9.17, 15) is 0 Å². The van der Waals surface area contributed by atoms with Crippen LogP contribution in [0.25, 0.3) is 5.57 Å². The third-order valence-electron chi connectivity index (χ3n) is 1.77. The average Bonchev–Trinajstić information content (AvgIpc) is 2.54. The van der Waals surface area contributed by atoms with Gasteiger partial charge in [-0.15, -0.1) is 10.2 Å². The zero-order valence-electron chi connectivity index (χ0n) is 6.95. The van der Waals surface area contributed by atoms with Crippen LogP contribution in [0.3, 0.4) is 0 Å². The molecule has 3 heteroatoms. The minimum atomic E-state index is 0.616. The number of aryl methyl sites for hydroxylation is 1. The first-order chi connectivity index (χ1) is 5.86. The van der Waals surface area contributed by atoms with Crippen LogP contribution in [0.4, 0.5) is 0 Å². The van der Waals surface area contributed by atoms with Crippen molar-refractivity contribution in [3.05, 3.63) is 30.0 Å². The maximum Gasteiger partial charge on any atom is 0.247 e. The Morgan fingerprint density at radius 3 is 2.83 bits per heavy atom. The molecule has 3 nitrogen and oxygen atoms in total. The summed E-state index contributed by atoms with van der Waals surface area (Å²) in [5.41, 5.74) is 1.04. The lowest BCUT2D eigenvalue weighted by Gasteiger charge is -2.00. The van der Waals surface area contributed by atoms with Gasteiger partial charge in [0.1, 0.15) is 0 Å². The highest BCUT2D eigenvalue weighted by molar-refractivity contribution is 5.69. The van der Waals surface area contributed by atoms with Gasteiger partial charge in [-0.25, -0.2) is 0 Å². The summed E-state index contributed by atoms with van der Waals surface area (Å²) < 4.78 is 5.28. The Morgan fingerprint density at radius 1 is 1.33 bits per heavy atom. The van der Waals surface area contributed by atoms with E-state index in [4.69, 9.17) is 4.42 Å². The molecule has 0 aliphatic heterocycles. The van der Waals surface area contributed by atoms with E-state index in [1.165, 1.54) is 0 Å². The second-order valence-corrected chi connectivity index (χ2v) is 2.77. The maximum atomic E-state index is 5.28. The van der Waals surface area contributed by atoms with Gasteiger partial charge in [-0.2, -0.15) is 0 Å². The Bertz CT molecular complexity index is 336. The van der Waals surface area contributed by atoms with Crippen LogP contribution in [0.15, 0.2) is 22.6 Å². The number of hydrogen-bond acceptors (Lipinski definition) is 3. The van der Waals surface area contributed by atoms with Crippen molar-refractivity contribution in [2.75, 3.05) is 0 Å². The Balaban J connectivity index is 2.30. The molecule has 2 rings (SSSR count). The Hall–Kier alpha value is -1.38. The lowest BCUT2D eigenvalue weighted by molar-refractivity contribution is 0.506. The fraction of sp³-hybridized carbons (Fsp3) is 0.333. The van der Waals surface area contributed by atoms with E-state index >= 15 is 0 Å². The van der Waals surface area contributed by atoms with Gasteiger partial charge >= 0.3 is 0 Å². The van der Waals surface area contributed by atoms with Gasteiger partial charge < -0.3 is 4.42 Å². The highest BCUT2D eigenvalue weighted by Gasteiger charge is 2.07. The summed E-state index contributed by atoms with van der Waals surface area (Å²) >= 11 is 0. The van der Waals surface area contributed by atoms with Crippen molar-refractivity contribution < 1.29 is 4.42 Å². The van der Waals surface area contributed by atoms with Gasteiger partial charge in [-0.3, -0.25) is 0 Å². The van der Waals surface area contributed by atoms with Crippen molar-refractivity contribution in [1.29, 1.82) is 0 Å². The summed E-state index contributed by atoms with van der Waals surface area (Å²) in [5, 5.41) is 7.70. The molecule has 0 fully saturated rings. The number of allylic oxidation sites excluding steroid dienone is 4. The number of aromatic nitrogens is 2. The van der Waals surface area contributed by atoms with Gasteiger partial charge in [0.25, 0.3) is 0 Å². The summed E-state index contributed by atoms with van der Waals surface area (Å²) in [6, 6.07) is 0. The number of rotatable bonds is 1. The topological polar surface area (TPSA) is 38.9 Å². The average molecular weight is 162 g/mol. The van der Waals surface area contributed by atoms with E-state index in [0.29, 0.717) is 11.8 Å². The van der Waals surface area contributed by atoms with Crippen molar-refractivity contribution >= 4 is 5.57 Å². The molecule has 1 aliphatic rings. The van der Waals surface area contributed by atoms with E-state index in [1.807, 2.05) is 6.08 Å². The standard InChI is InChI=1S/C9H10N2O/c1-7-10-11-9(12-7)8-5-3-2-4-6-8/h3,5-6H,2,4H2,1H3. The molecule has 1 aliphatic carbocycles. The third-order valence-corrected chi connectivity index (χ3v) is 1.77. The van der Waals surface area contributed by atoms with Crippen LogP contribution in [0.1, 0.15) is 24.6 Å². The Kier molecular flexibility index (Phi) is 1.78. The van der Waals surface area contributed by atoms with Gasteiger partial charge in [0, 0.05) is 12.5 Å². The molecule has 0 spiro atoms. The second-order valence-electron chi connectivity index (χ2n) is 2.77. The molecule has 0 bridgehead atoms. The van der Waals surface area contributed by atoms with Crippen LogP contribution >= 0.6 is 0 Å². The molecule has 0 N–H and O–H groups in total. The lowest BCUT2D eigenvalue weighted by atomic mass is 10.1. The van der Waals surface area contributed by atoms with E-state index in [1.54, 1.807) is 6.92 Å². The zero-order valence-corrected chi connectivity index (χ0v) is 6.95. The first-order valence-corrected chi connectivity index (χ1v) is 4.03. The largest absolute Gasteiger partial charge is 0.421 e. The molecule has 0 amide bonds. The first kappa shape index (κ1) is 7.28. The third kappa shape index (κ3) is 1.30. The molecule has 0 saturated carbocycles. The molecule has 0 atom stereocenters. The first-order valence-electron chi connectivity index (χ1n) is 4.03. The molecule has 0 saturated heterocycles. The maximum absolute atomic E-state index is 5.28. The van der Waals surface area contributed by atoms with E-state index in [0.717, 1.165) is 18.4 Å². The predicted octanol–water partition coefficient (Wildman–Crippen LogP) is 2.11. The smallest absolute Gasteiger partial charge is 0.247 e. The molecule has 1 aromatic heterocycles. The zero-order chi connectivity index (χ0) is 8.39. The minimum absolute atomic E-state index is 0.616. The van der Waals surface area contributed by atoms with Crippen molar-refractivity contribution in [2.45, 2.75) is 19.8 Å². The van der Waals surface area contributed by atoms with Crippen LogP contribution in [-0.2, 0) is 0 Å². The number of nitrogens with zero attached hydrogens (tertiary/aromatic N) is 2. The van der Waals surface area contributed by atoms with Crippen molar-refractivity contribution in [3.8, 4) is 0 Å². The van der Waals surface area contributed by atoms with Gasteiger partial charge in [-0.05, 0) is 12.8 Å². The van der Waals surface area contributed by atoms with E-state index in [2.05, 4.69) is 22.3 Å². The van der Waals surface area contributed by atoms with Gasteiger partial charge in [0.15, 0.2) is 0 Å². The van der Waals surface area contributed by atoms with Gasteiger partial charge in [-0.1, -0.05) is 18.2 Å². The molecule has 0 radical (unpaired) electrons. The van der Waals surface area contributed by atoms with Crippen LogP contribution < -0.4 is 0 Å². The minimum Gasteiger partial charge on any atom is -0.421 e. The van der Waals surface area contributed by atoms with Crippen LogP contribution in [0.2, 0.25) is 0 Å². The summed E-state index contributed by atoms with van der Waals surface area (Å²) in [6.07, 6.45) is 8.43. The van der Waals surface area contributed by atoms with Crippen LogP contribution in [0, 0.1) is 6.92 Å². The molecule has 0 unspecified atom stereocenters. The fourth-order valence-corrected chi connectivity index (χ4v) is 1.19. The van der Waals surface area contributed by atoms with E-state index < -0.39 is 0 Å².